The Balaban J connectivity index is 1.90. The second-order valence-electron chi connectivity index (χ2n) is 8.05. The van der Waals surface area contributed by atoms with Crippen LogP contribution in [0.1, 0.15) is 36.1 Å². The van der Waals surface area contributed by atoms with E-state index in [-0.39, 0.29) is 28.0 Å². The van der Waals surface area contributed by atoms with E-state index in [0.29, 0.717) is 30.1 Å². The van der Waals surface area contributed by atoms with E-state index in [4.69, 9.17) is 14.5 Å². The van der Waals surface area contributed by atoms with E-state index >= 15 is 0 Å². The molecule has 0 radical (unpaired) electrons. The molecule has 1 aromatic carbocycles. The van der Waals surface area contributed by atoms with Gasteiger partial charge in [0.15, 0.2) is 5.82 Å². The van der Waals surface area contributed by atoms with Gasteiger partial charge in [-0.3, -0.25) is 4.79 Å². The van der Waals surface area contributed by atoms with Crippen LogP contribution in [0.2, 0.25) is 0 Å². The van der Waals surface area contributed by atoms with Crippen molar-refractivity contribution >= 4 is 32.9 Å². The molecule has 4 rings (SSSR count). The third-order valence-corrected chi connectivity index (χ3v) is 6.10. The average Bonchev–Trinajstić information content (AvgIpc) is 3.22. The summed E-state index contributed by atoms with van der Waals surface area (Å²) in [7, 11) is 1.33. The normalized spacial score (nSPS) is 18.1. The Hall–Kier alpha value is -2.52. The zero-order chi connectivity index (χ0) is 21.6. The number of hydrogen-bond donors (Lipinski definition) is 0. The number of carbonyl (C=O) groups excluding carboxylic acids is 1. The Kier molecular flexibility index (Phi) is 5.27. The van der Waals surface area contributed by atoms with Gasteiger partial charge in [-0.2, -0.15) is 0 Å². The Bertz CT molecular complexity index is 1200. The molecule has 2 aromatic heterocycles. The molecule has 1 aliphatic heterocycles. The fourth-order valence-electron chi connectivity index (χ4n) is 3.82. The summed E-state index contributed by atoms with van der Waals surface area (Å²) in [5.74, 6) is -0.395. The lowest BCUT2D eigenvalue weighted by molar-refractivity contribution is 0.0601. The smallest absolute Gasteiger partial charge is 0.337 e. The van der Waals surface area contributed by atoms with Crippen LogP contribution in [0, 0.1) is 11.2 Å². The SMILES string of the molecule is COC(=O)c1ccc2nc(Cn3cc(F)c(Br)cc3=O)n(C3COCC3(C)C)c2c1. The summed E-state index contributed by atoms with van der Waals surface area (Å²) in [5, 5.41) is 0. The molecule has 30 heavy (non-hydrogen) atoms. The molecule has 1 aliphatic rings. The average molecular weight is 478 g/mol. The van der Waals surface area contributed by atoms with Crippen LogP contribution in [0.4, 0.5) is 4.39 Å². The summed E-state index contributed by atoms with van der Waals surface area (Å²) >= 11 is 3.04. The lowest BCUT2D eigenvalue weighted by Gasteiger charge is -2.28. The number of benzene rings is 1. The monoisotopic (exact) mass is 477 g/mol. The summed E-state index contributed by atoms with van der Waals surface area (Å²) in [6.45, 7) is 5.31. The molecular formula is C21H21BrFN3O4. The molecule has 1 unspecified atom stereocenters. The first-order chi connectivity index (χ1) is 14.2. The minimum Gasteiger partial charge on any atom is -0.465 e. The maximum atomic E-state index is 14.1. The van der Waals surface area contributed by atoms with Crippen molar-refractivity contribution in [3.8, 4) is 0 Å². The Labute approximate surface area is 180 Å². The molecule has 9 heteroatoms. The zero-order valence-corrected chi connectivity index (χ0v) is 18.4. The predicted octanol–water partition coefficient (Wildman–Crippen LogP) is 3.53. The van der Waals surface area contributed by atoms with Crippen molar-refractivity contribution in [1.29, 1.82) is 0 Å². The van der Waals surface area contributed by atoms with E-state index in [0.717, 1.165) is 11.7 Å². The van der Waals surface area contributed by atoms with Gasteiger partial charge in [-0.1, -0.05) is 13.8 Å². The highest BCUT2D eigenvalue weighted by atomic mass is 79.9. The van der Waals surface area contributed by atoms with Crippen molar-refractivity contribution in [2.75, 3.05) is 20.3 Å². The maximum absolute atomic E-state index is 14.1. The van der Waals surface area contributed by atoms with Gasteiger partial charge in [0.25, 0.3) is 5.56 Å². The van der Waals surface area contributed by atoms with Crippen molar-refractivity contribution in [2.24, 2.45) is 5.41 Å². The molecule has 1 atom stereocenters. The highest BCUT2D eigenvalue weighted by Crippen LogP contribution is 2.40. The van der Waals surface area contributed by atoms with Crippen LogP contribution in [0.25, 0.3) is 11.0 Å². The number of imidazole rings is 1. The van der Waals surface area contributed by atoms with Gasteiger partial charge in [-0.05, 0) is 34.1 Å². The minimum absolute atomic E-state index is 0.0682. The molecule has 3 heterocycles. The first-order valence-electron chi connectivity index (χ1n) is 9.43. The molecule has 3 aromatic rings. The first kappa shape index (κ1) is 20.7. The third-order valence-electron chi connectivity index (χ3n) is 5.49. The lowest BCUT2D eigenvalue weighted by Crippen LogP contribution is -2.29. The van der Waals surface area contributed by atoms with Gasteiger partial charge >= 0.3 is 5.97 Å². The van der Waals surface area contributed by atoms with Crippen LogP contribution >= 0.6 is 15.9 Å². The van der Waals surface area contributed by atoms with Crippen LogP contribution < -0.4 is 5.56 Å². The summed E-state index contributed by atoms with van der Waals surface area (Å²) in [6.07, 6.45) is 1.16. The molecule has 1 saturated heterocycles. The fraction of sp³-hybridized carbons (Fsp3) is 0.381. The number of methoxy groups -OCH3 is 1. The molecule has 0 saturated carbocycles. The van der Waals surface area contributed by atoms with E-state index in [9.17, 15) is 14.0 Å². The summed E-state index contributed by atoms with van der Waals surface area (Å²) in [6, 6.07) is 6.25. The second kappa shape index (κ2) is 7.63. The van der Waals surface area contributed by atoms with Gasteiger partial charge in [0.1, 0.15) is 5.82 Å². The molecule has 0 aliphatic carbocycles. The lowest BCUT2D eigenvalue weighted by atomic mass is 9.87. The number of halogens is 2. The maximum Gasteiger partial charge on any atom is 0.337 e. The second-order valence-corrected chi connectivity index (χ2v) is 8.90. The number of aromatic nitrogens is 3. The van der Waals surface area contributed by atoms with Gasteiger partial charge in [0.05, 0.1) is 54.0 Å². The van der Waals surface area contributed by atoms with Gasteiger partial charge in [0.2, 0.25) is 0 Å². The quantitative estimate of drug-likeness (QED) is 0.537. The Morgan fingerprint density at radius 3 is 2.83 bits per heavy atom. The van der Waals surface area contributed by atoms with E-state index in [1.807, 2.05) is 4.57 Å². The van der Waals surface area contributed by atoms with Crippen molar-refractivity contribution in [1.82, 2.24) is 14.1 Å². The Morgan fingerprint density at radius 1 is 1.40 bits per heavy atom. The van der Waals surface area contributed by atoms with E-state index in [1.165, 1.54) is 17.7 Å². The molecule has 0 spiro atoms. The van der Waals surface area contributed by atoms with Gasteiger partial charge in [-0.25, -0.2) is 14.2 Å². The van der Waals surface area contributed by atoms with Crippen LogP contribution in [0.15, 0.2) is 39.7 Å². The zero-order valence-electron chi connectivity index (χ0n) is 16.8. The number of pyridine rings is 1. The van der Waals surface area contributed by atoms with Gasteiger partial charge in [0, 0.05) is 17.7 Å². The summed E-state index contributed by atoms with van der Waals surface area (Å²) in [5.41, 5.74) is 1.27. The molecular weight excluding hydrogens is 457 g/mol. The topological polar surface area (TPSA) is 75.4 Å². The highest BCUT2D eigenvalue weighted by molar-refractivity contribution is 9.10. The first-order valence-corrected chi connectivity index (χ1v) is 10.2. The molecule has 0 bridgehead atoms. The molecule has 1 fully saturated rings. The molecule has 158 valence electrons. The number of carbonyl (C=O) groups is 1. The number of fused-ring (bicyclic) bond motifs is 1. The van der Waals surface area contributed by atoms with Crippen LogP contribution in [0.5, 0.6) is 0 Å². The van der Waals surface area contributed by atoms with E-state index < -0.39 is 11.8 Å². The third kappa shape index (κ3) is 3.56. The van der Waals surface area contributed by atoms with Crippen molar-refractivity contribution < 1.29 is 18.7 Å². The largest absolute Gasteiger partial charge is 0.465 e. The van der Waals surface area contributed by atoms with Gasteiger partial charge < -0.3 is 18.6 Å². The number of esters is 1. The van der Waals surface area contributed by atoms with Crippen LogP contribution in [-0.4, -0.2) is 40.4 Å². The fourth-order valence-corrected chi connectivity index (χ4v) is 4.12. The van der Waals surface area contributed by atoms with Crippen molar-refractivity contribution in [3.63, 3.8) is 0 Å². The number of rotatable bonds is 4. The molecule has 0 amide bonds. The number of nitrogens with zero attached hydrogens (tertiary/aromatic N) is 3. The molecule has 7 nitrogen and oxygen atoms in total. The predicted molar refractivity (Wildman–Crippen MR) is 112 cm³/mol. The highest BCUT2D eigenvalue weighted by Gasteiger charge is 2.39. The van der Waals surface area contributed by atoms with Crippen LogP contribution in [0.3, 0.4) is 0 Å². The Morgan fingerprint density at radius 2 is 2.17 bits per heavy atom. The van der Waals surface area contributed by atoms with Gasteiger partial charge in [-0.15, -0.1) is 0 Å². The number of ether oxygens (including phenoxy) is 2. The van der Waals surface area contributed by atoms with Crippen molar-refractivity contribution in [2.45, 2.75) is 26.4 Å². The summed E-state index contributed by atoms with van der Waals surface area (Å²) in [4.78, 5) is 29.2. The van der Waals surface area contributed by atoms with Crippen molar-refractivity contribution in [3.05, 3.63) is 62.5 Å². The summed E-state index contributed by atoms with van der Waals surface area (Å²) < 4.78 is 28.0. The standard InChI is InChI=1S/C21H21BrFN3O4/c1-21(2)11-30-10-17(21)26-16-6-12(20(28)29-3)4-5-15(16)24-18(26)9-25-8-14(23)13(22)7-19(25)27/h4-8,17H,9-11H2,1-3H3. The van der Waals surface area contributed by atoms with E-state index in [2.05, 4.69) is 29.8 Å². The number of hydrogen-bond acceptors (Lipinski definition) is 5. The molecule has 0 N–H and O–H groups in total. The van der Waals surface area contributed by atoms with E-state index in [1.54, 1.807) is 18.2 Å². The minimum atomic E-state index is -0.533. The van der Waals surface area contributed by atoms with Crippen LogP contribution in [-0.2, 0) is 16.0 Å².